The smallest absolute Gasteiger partial charge is 0.311 e. The Kier molecular flexibility index (Phi) is 6.71. The van der Waals surface area contributed by atoms with E-state index in [0.29, 0.717) is 25.4 Å². The van der Waals surface area contributed by atoms with Gasteiger partial charge in [-0.25, -0.2) is 0 Å². The maximum atomic E-state index is 12.0. The lowest BCUT2D eigenvalue weighted by Gasteiger charge is -2.29. The number of esters is 1. The van der Waals surface area contributed by atoms with Crippen LogP contribution in [0.2, 0.25) is 0 Å². The van der Waals surface area contributed by atoms with E-state index >= 15 is 0 Å². The van der Waals surface area contributed by atoms with Crippen molar-refractivity contribution < 1.29 is 24.1 Å². The average molecular weight is 322 g/mol. The van der Waals surface area contributed by atoms with Crippen LogP contribution in [0.1, 0.15) is 38.2 Å². The van der Waals surface area contributed by atoms with Gasteiger partial charge in [-0.2, -0.15) is 0 Å². The number of hydrogen-bond acceptors (Lipinski definition) is 5. The van der Waals surface area contributed by atoms with Crippen molar-refractivity contribution in [1.82, 2.24) is 0 Å². The fraction of sp³-hybridized carbons (Fsp3) is 0.611. The largest absolute Gasteiger partial charge is 0.504 e. The van der Waals surface area contributed by atoms with Gasteiger partial charge >= 0.3 is 5.97 Å². The van der Waals surface area contributed by atoms with Crippen LogP contribution in [-0.2, 0) is 20.7 Å². The van der Waals surface area contributed by atoms with Gasteiger partial charge in [0.25, 0.3) is 0 Å². The highest BCUT2D eigenvalue weighted by atomic mass is 16.5. The Hall–Kier alpha value is -1.75. The summed E-state index contributed by atoms with van der Waals surface area (Å²) < 4.78 is 16.1. The quantitative estimate of drug-likeness (QED) is 0.782. The van der Waals surface area contributed by atoms with Gasteiger partial charge in [0.1, 0.15) is 0 Å². The third kappa shape index (κ3) is 4.86. The number of aromatic hydroxyl groups is 1. The molecule has 1 aromatic carbocycles. The molecule has 0 bridgehead atoms. The Labute approximate surface area is 137 Å². The first-order chi connectivity index (χ1) is 11.2. The Morgan fingerprint density at radius 2 is 2.09 bits per heavy atom. The van der Waals surface area contributed by atoms with Crippen molar-refractivity contribution in [1.29, 1.82) is 0 Å². The molecule has 1 unspecified atom stereocenters. The zero-order chi connectivity index (χ0) is 16.7. The molecule has 0 aliphatic heterocycles. The number of phenolic OH excluding ortho intramolecular Hbond substituents is 1. The first-order valence-corrected chi connectivity index (χ1v) is 8.29. The minimum atomic E-state index is -0.145. The second-order valence-electron chi connectivity index (χ2n) is 5.81. The van der Waals surface area contributed by atoms with Crippen LogP contribution in [-0.4, -0.2) is 37.5 Å². The van der Waals surface area contributed by atoms with Gasteiger partial charge in [0.05, 0.1) is 32.3 Å². The van der Waals surface area contributed by atoms with E-state index in [4.69, 9.17) is 14.2 Å². The lowest BCUT2D eigenvalue weighted by Crippen LogP contribution is -2.35. The number of benzene rings is 1. The first-order valence-electron chi connectivity index (χ1n) is 8.29. The predicted octanol–water partition coefficient (Wildman–Crippen LogP) is 3.08. The van der Waals surface area contributed by atoms with Crippen LogP contribution in [0.5, 0.6) is 11.5 Å². The first kappa shape index (κ1) is 17.6. The summed E-state index contributed by atoms with van der Waals surface area (Å²) in [5.74, 6) is 0.309. The Morgan fingerprint density at radius 3 is 2.78 bits per heavy atom. The molecule has 0 aromatic heterocycles. The van der Waals surface area contributed by atoms with Gasteiger partial charge in [-0.3, -0.25) is 4.79 Å². The molecule has 1 saturated carbocycles. The van der Waals surface area contributed by atoms with Gasteiger partial charge in [-0.05, 0) is 43.9 Å². The molecule has 0 amide bonds. The van der Waals surface area contributed by atoms with Gasteiger partial charge < -0.3 is 19.3 Å². The molecule has 2 rings (SSSR count). The van der Waals surface area contributed by atoms with Crippen LogP contribution >= 0.6 is 0 Å². The van der Waals surface area contributed by atoms with Crippen molar-refractivity contribution in [2.45, 2.75) is 45.1 Å². The molecule has 0 saturated heterocycles. The maximum absolute atomic E-state index is 12.0. The number of methoxy groups -OCH3 is 1. The molecule has 128 valence electrons. The summed E-state index contributed by atoms with van der Waals surface area (Å²) >= 11 is 0. The second kappa shape index (κ2) is 8.77. The molecular weight excluding hydrogens is 296 g/mol. The van der Waals surface area contributed by atoms with Crippen molar-refractivity contribution in [3.05, 3.63) is 23.8 Å². The van der Waals surface area contributed by atoms with Crippen LogP contribution in [0.15, 0.2) is 18.2 Å². The van der Waals surface area contributed by atoms with Gasteiger partial charge in [-0.1, -0.05) is 18.9 Å². The summed E-state index contributed by atoms with van der Waals surface area (Å²) in [6.07, 6.45) is 4.50. The minimum absolute atomic E-state index is 0.0605. The van der Waals surface area contributed by atoms with Gasteiger partial charge in [-0.15, -0.1) is 0 Å². The van der Waals surface area contributed by atoms with Gasteiger partial charge in [0.2, 0.25) is 0 Å². The highest BCUT2D eigenvalue weighted by molar-refractivity contribution is 5.73. The number of ether oxygens (including phenoxy) is 3. The van der Waals surface area contributed by atoms with E-state index in [9.17, 15) is 9.90 Å². The van der Waals surface area contributed by atoms with Gasteiger partial charge in [0.15, 0.2) is 11.5 Å². The zero-order valence-corrected chi connectivity index (χ0v) is 13.9. The third-order valence-corrected chi connectivity index (χ3v) is 4.26. The molecule has 2 atom stereocenters. The van der Waals surface area contributed by atoms with E-state index in [1.165, 1.54) is 7.11 Å². The molecule has 5 nitrogen and oxygen atoms in total. The summed E-state index contributed by atoms with van der Waals surface area (Å²) in [5.41, 5.74) is 0.979. The lowest BCUT2D eigenvalue weighted by atomic mass is 9.86. The molecule has 0 spiro atoms. The Balaban J connectivity index is 1.86. The second-order valence-corrected chi connectivity index (χ2v) is 5.81. The monoisotopic (exact) mass is 322 g/mol. The molecule has 0 radical (unpaired) electrons. The standard InChI is InChI=1S/C18H26O5/c1-3-22-18(20)14-6-4-5-7-16(14)23-11-10-13-8-9-17(21-2)15(19)12-13/h8-9,12,14,16,19H,3-7,10-11H2,1-2H3/t14?,16-/m1/s1. The normalized spacial score (nSPS) is 21.0. The van der Waals surface area contributed by atoms with Crippen molar-refractivity contribution in [2.24, 2.45) is 5.92 Å². The molecular formula is C18H26O5. The topological polar surface area (TPSA) is 65.0 Å². The van der Waals surface area contributed by atoms with Crippen molar-refractivity contribution >= 4 is 5.97 Å². The SMILES string of the molecule is CCOC(=O)C1CCCC[C@H]1OCCc1ccc(OC)c(O)c1. The summed E-state index contributed by atoms with van der Waals surface area (Å²) in [6.45, 7) is 2.76. The lowest BCUT2D eigenvalue weighted by molar-refractivity contribution is -0.156. The van der Waals surface area contributed by atoms with Crippen molar-refractivity contribution in [3.8, 4) is 11.5 Å². The minimum Gasteiger partial charge on any atom is -0.504 e. The summed E-state index contributed by atoms with van der Waals surface area (Å²) in [4.78, 5) is 12.0. The van der Waals surface area contributed by atoms with Crippen LogP contribution in [0.4, 0.5) is 0 Å². The van der Waals surface area contributed by atoms with Crippen molar-refractivity contribution in [3.63, 3.8) is 0 Å². The molecule has 23 heavy (non-hydrogen) atoms. The van der Waals surface area contributed by atoms with Gasteiger partial charge in [0, 0.05) is 0 Å². The Bertz CT molecular complexity index is 514. The van der Waals surface area contributed by atoms with Crippen LogP contribution in [0.25, 0.3) is 0 Å². The molecule has 0 heterocycles. The number of rotatable bonds is 7. The van der Waals surface area contributed by atoms with Crippen LogP contribution in [0, 0.1) is 5.92 Å². The fourth-order valence-corrected chi connectivity index (χ4v) is 3.03. The van der Waals surface area contributed by atoms with E-state index in [1.807, 2.05) is 13.0 Å². The number of carbonyl (C=O) groups excluding carboxylic acids is 1. The van der Waals surface area contributed by atoms with E-state index < -0.39 is 0 Å². The fourth-order valence-electron chi connectivity index (χ4n) is 3.03. The summed E-state index contributed by atoms with van der Waals surface area (Å²) in [7, 11) is 1.52. The van der Waals surface area contributed by atoms with Crippen molar-refractivity contribution in [2.75, 3.05) is 20.3 Å². The molecule has 1 fully saturated rings. The number of carbonyl (C=O) groups is 1. The number of phenols is 1. The summed E-state index contributed by atoms with van der Waals surface area (Å²) in [6, 6.07) is 5.34. The molecule has 1 aliphatic carbocycles. The Morgan fingerprint density at radius 1 is 1.30 bits per heavy atom. The molecule has 1 N–H and O–H groups in total. The van der Waals surface area contributed by atoms with E-state index in [0.717, 1.165) is 31.2 Å². The number of hydrogen-bond donors (Lipinski definition) is 1. The van der Waals surface area contributed by atoms with E-state index in [1.54, 1.807) is 12.1 Å². The van der Waals surface area contributed by atoms with Crippen LogP contribution in [0.3, 0.4) is 0 Å². The highest BCUT2D eigenvalue weighted by Gasteiger charge is 2.32. The highest BCUT2D eigenvalue weighted by Crippen LogP contribution is 2.29. The van der Waals surface area contributed by atoms with E-state index in [2.05, 4.69) is 0 Å². The van der Waals surface area contributed by atoms with E-state index in [-0.39, 0.29) is 23.7 Å². The van der Waals surface area contributed by atoms with Crippen LogP contribution < -0.4 is 4.74 Å². The molecule has 1 aliphatic rings. The summed E-state index contributed by atoms with van der Waals surface area (Å²) in [5, 5.41) is 9.79. The molecule has 1 aromatic rings. The zero-order valence-electron chi connectivity index (χ0n) is 13.9. The maximum Gasteiger partial charge on any atom is 0.311 e. The predicted molar refractivity (Wildman–Crippen MR) is 86.7 cm³/mol. The third-order valence-electron chi connectivity index (χ3n) is 4.26. The molecule has 5 heteroatoms. The average Bonchev–Trinajstić information content (AvgIpc) is 2.56.